The van der Waals surface area contributed by atoms with Crippen LogP contribution in [0.3, 0.4) is 0 Å². The van der Waals surface area contributed by atoms with E-state index in [0.717, 1.165) is 25.2 Å². The largest absolute Gasteiger partial charge is 0.299 e. The predicted octanol–water partition coefficient (Wildman–Crippen LogP) is 6.57. The summed E-state index contributed by atoms with van der Waals surface area (Å²) in [5.74, 6) is 2.06. The summed E-state index contributed by atoms with van der Waals surface area (Å²) >= 11 is 0. The van der Waals surface area contributed by atoms with Crippen molar-refractivity contribution in [1.29, 1.82) is 0 Å². The van der Waals surface area contributed by atoms with Crippen molar-refractivity contribution in [1.82, 2.24) is 0 Å². The van der Waals surface area contributed by atoms with Crippen molar-refractivity contribution in [2.45, 2.75) is 93.4 Å². The van der Waals surface area contributed by atoms with Crippen molar-refractivity contribution in [3.8, 4) is 0 Å². The van der Waals surface area contributed by atoms with E-state index < -0.39 is 0 Å². The highest BCUT2D eigenvalue weighted by molar-refractivity contribution is 5.86. The summed E-state index contributed by atoms with van der Waals surface area (Å²) in [5, 5.41) is 0. The fourth-order valence-electron chi connectivity index (χ4n) is 5.31. The number of ketones is 1. The molecule has 3 aliphatic rings. The first kappa shape index (κ1) is 18.7. The zero-order valence-electron chi connectivity index (χ0n) is 16.6. The number of hydrogen-bond acceptors (Lipinski definition) is 1. The number of fused-ring (bicyclic) bond motifs is 4. The fraction of sp³-hybridized carbons (Fsp3) is 0.864. The minimum absolute atomic E-state index is 0.210. The maximum Gasteiger partial charge on any atom is 0.142 e. The number of rotatable bonds is 5. The lowest BCUT2D eigenvalue weighted by Gasteiger charge is -2.40. The predicted molar refractivity (Wildman–Crippen MR) is 99.4 cm³/mol. The first-order chi connectivity index (χ1) is 10.4. The third-order valence-corrected chi connectivity index (χ3v) is 5.81. The number of Topliss-reactive ketones (excluding diaryl/α,β-unsaturated/α-hetero) is 1. The molecule has 0 aromatic rings. The summed E-state index contributed by atoms with van der Waals surface area (Å²) in [6.07, 6.45) is 10.1. The van der Waals surface area contributed by atoms with E-state index in [4.69, 9.17) is 0 Å². The monoisotopic (exact) mass is 318 g/mol. The Morgan fingerprint density at radius 2 is 1.83 bits per heavy atom. The van der Waals surface area contributed by atoms with Gasteiger partial charge in [0.1, 0.15) is 5.78 Å². The molecule has 0 aromatic heterocycles. The van der Waals surface area contributed by atoms with Gasteiger partial charge in [-0.1, -0.05) is 53.2 Å². The van der Waals surface area contributed by atoms with E-state index in [0.29, 0.717) is 17.1 Å². The van der Waals surface area contributed by atoms with Gasteiger partial charge in [-0.3, -0.25) is 4.79 Å². The van der Waals surface area contributed by atoms with Gasteiger partial charge in [0.25, 0.3) is 0 Å². The Hall–Kier alpha value is -0.590. The van der Waals surface area contributed by atoms with Crippen LogP contribution >= 0.6 is 0 Å². The molecule has 2 bridgehead atoms. The Morgan fingerprint density at radius 1 is 1.22 bits per heavy atom. The molecule has 0 amide bonds. The minimum Gasteiger partial charge on any atom is -0.299 e. The molecule has 2 unspecified atom stereocenters. The van der Waals surface area contributed by atoms with Gasteiger partial charge in [-0.2, -0.15) is 0 Å². The van der Waals surface area contributed by atoms with Crippen molar-refractivity contribution >= 4 is 5.78 Å². The lowest BCUT2D eigenvalue weighted by atomic mass is 9.64. The molecular formula is C22H38O. The third-order valence-electron chi connectivity index (χ3n) is 5.81. The van der Waals surface area contributed by atoms with Crippen LogP contribution in [0.2, 0.25) is 0 Å². The Balaban J connectivity index is 2.01. The molecule has 0 N–H and O–H groups in total. The maximum absolute atomic E-state index is 13.1. The lowest BCUT2D eigenvalue weighted by molar-refractivity contribution is -0.127. The minimum atomic E-state index is -0.210. The van der Waals surface area contributed by atoms with E-state index in [2.05, 4.69) is 54.5 Å². The van der Waals surface area contributed by atoms with Gasteiger partial charge in [0.2, 0.25) is 0 Å². The molecule has 2 atom stereocenters. The Morgan fingerprint density at radius 3 is 2.39 bits per heavy atom. The van der Waals surface area contributed by atoms with Crippen molar-refractivity contribution in [3.05, 3.63) is 11.6 Å². The van der Waals surface area contributed by atoms with Gasteiger partial charge in [0, 0.05) is 11.8 Å². The summed E-state index contributed by atoms with van der Waals surface area (Å²) in [6.45, 7) is 16.1. The molecule has 3 rings (SSSR count). The van der Waals surface area contributed by atoms with E-state index in [1.54, 1.807) is 5.57 Å². The van der Waals surface area contributed by atoms with Crippen LogP contribution in [0.15, 0.2) is 11.6 Å². The molecule has 0 aliphatic heterocycles. The van der Waals surface area contributed by atoms with Crippen molar-refractivity contribution in [3.63, 3.8) is 0 Å². The van der Waals surface area contributed by atoms with Gasteiger partial charge < -0.3 is 0 Å². The molecule has 0 saturated heterocycles. The zero-order chi connectivity index (χ0) is 17.5. The van der Waals surface area contributed by atoms with Crippen LogP contribution in [0.1, 0.15) is 93.4 Å². The highest BCUT2D eigenvalue weighted by Gasteiger charge is 2.39. The summed E-state index contributed by atoms with van der Waals surface area (Å²) in [5.41, 5.74) is 1.91. The molecule has 1 fully saturated rings. The number of carbonyl (C=O) groups is 1. The second-order valence-electron chi connectivity index (χ2n) is 10.9. The molecule has 0 radical (unpaired) electrons. The standard InChI is InChI=1S/C22H38O/c1-16-10-17-11-18(12-17)14-22(7,13-16)19(23)8-9-21(5,6)15-20(2,3)4/h14,16-17H,8-13,15H2,1-7H3. The van der Waals surface area contributed by atoms with Crippen LogP contribution < -0.4 is 0 Å². The first-order valence-electron chi connectivity index (χ1n) is 9.62. The molecule has 1 nitrogen and oxygen atoms in total. The molecular weight excluding hydrogens is 280 g/mol. The Kier molecular flexibility index (Phi) is 5.19. The van der Waals surface area contributed by atoms with Crippen molar-refractivity contribution in [2.24, 2.45) is 28.1 Å². The molecule has 3 aliphatic carbocycles. The Bertz CT molecular complexity index is 469. The summed E-state index contributed by atoms with van der Waals surface area (Å²) < 4.78 is 0. The number of hydrogen-bond donors (Lipinski definition) is 0. The molecule has 23 heavy (non-hydrogen) atoms. The molecule has 1 saturated carbocycles. The van der Waals surface area contributed by atoms with Crippen LogP contribution in [-0.4, -0.2) is 5.78 Å². The average molecular weight is 319 g/mol. The molecule has 0 aromatic carbocycles. The highest BCUT2D eigenvalue weighted by atomic mass is 16.1. The second-order valence-corrected chi connectivity index (χ2v) is 10.9. The van der Waals surface area contributed by atoms with E-state index in [-0.39, 0.29) is 10.8 Å². The first-order valence-corrected chi connectivity index (χ1v) is 9.62. The smallest absolute Gasteiger partial charge is 0.142 e. The van der Waals surface area contributed by atoms with Crippen molar-refractivity contribution in [2.75, 3.05) is 0 Å². The number of allylic oxidation sites excluding steroid dienone is 2. The highest BCUT2D eigenvalue weighted by Crippen LogP contribution is 2.47. The summed E-state index contributed by atoms with van der Waals surface area (Å²) in [4.78, 5) is 13.1. The van der Waals surface area contributed by atoms with E-state index in [9.17, 15) is 4.79 Å². The third kappa shape index (κ3) is 5.19. The van der Waals surface area contributed by atoms with Crippen LogP contribution in [0.25, 0.3) is 0 Å². The fourth-order valence-corrected chi connectivity index (χ4v) is 5.31. The maximum atomic E-state index is 13.1. The summed E-state index contributed by atoms with van der Waals surface area (Å²) in [6, 6.07) is 0. The van der Waals surface area contributed by atoms with E-state index >= 15 is 0 Å². The van der Waals surface area contributed by atoms with Gasteiger partial charge in [0.05, 0.1) is 0 Å². The van der Waals surface area contributed by atoms with Crippen LogP contribution in [0.4, 0.5) is 0 Å². The number of carbonyl (C=O) groups excluding carboxylic acids is 1. The van der Waals surface area contributed by atoms with Gasteiger partial charge in [0.15, 0.2) is 0 Å². The zero-order valence-corrected chi connectivity index (χ0v) is 16.6. The van der Waals surface area contributed by atoms with E-state index in [1.165, 1.54) is 25.7 Å². The lowest BCUT2D eigenvalue weighted by Crippen LogP contribution is -2.34. The van der Waals surface area contributed by atoms with Gasteiger partial charge >= 0.3 is 0 Å². The van der Waals surface area contributed by atoms with Gasteiger partial charge in [-0.15, -0.1) is 0 Å². The molecule has 132 valence electrons. The van der Waals surface area contributed by atoms with Gasteiger partial charge in [-0.25, -0.2) is 0 Å². The molecule has 0 heterocycles. The van der Waals surface area contributed by atoms with Gasteiger partial charge in [-0.05, 0) is 68.1 Å². The average Bonchev–Trinajstić information content (AvgIpc) is 2.27. The quantitative estimate of drug-likeness (QED) is 0.524. The van der Waals surface area contributed by atoms with Crippen LogP contribution in [0.5, 0.6) is 0 Å². The van der Waals surface area contributed by atoms with Crippen molar-refractivity contribution < 1.29 is 4.79 Å². The second kappa shape index (κ2) is 6.37. The molecule has 1 heteroatoms. The van der Waals surface area contributed by atoms with E-state index in [1.807, 2.05) is 0 Å². The normalized spacial score (nSPS) is 31.7. The summed E-state index contributed by atoms with van der Waals surface area (Å²) in [7, 11) is 0. The van der Waals surface area contributed by atoms with Crippen LogP contribution in [-0.2, 0) is 4.79 Å². The Labute approximate surface area is 144 Å². The SMILES string of the molecule is CC1CC2CC(=CC(C)(C(=O)CCC(C)(C)CC(C)(C)C)C1)C2. The van der Waals surface area contributed by atoms with Crippen LogP contribution in [0, 0.1) is 28.1 Å². The molecule has 0 spiro atoms. The topological polar surface area (TPSA) is 17.1 Å².